The largest absolute Gasteiger partial charge is 0.573 e. The van der Waals surface area contributed by atoms with Gasteiger partial charge in [0.1, 0.15) is 5.75 Å². The number of carbonyl (C=O) groups excluding carboxylic acids is 1. The number of morpholine rings is 1. The number of rotatable bonds is 4. The number of hydrogen-bond donors (Lipinski definition) is 1. The van der Waals surface area contributed by atoms with Crippen molar-refractivity contribution in [3.63, 3.8) is 0 Å². The fraction of sp³-hybridized carbons (Fsp3) is 0.600. The van der Waals surface area contributed by atoms with Gasteiger partial charge in [0.05, 0.1) is 18.8 Å². The summed E-state index contributed by atoms with van der Waals surface area (Å²) in [5.74, 6) is -0.565. The van der Waals surface area contributed by atoms with Gasteiger partial charge in [0.2, 0.25) is 0 Å². The summed E-state index contributed by atoms with van der Waals surface area (Å²) in [6.07, 6.45) is -5.83. The first kappa shape index (κ1) is 21.7. The molecule has 2 amide bonds. The topological polar surface area (TPSA) is 82.6 Å². The minimum atomic E-state index is -4.91. The molecule has 3 saturated heterocycles. The third-order valence-corrected chi connectivity index (χ3v) is 6.04. The van der Waals surface area contributed by atoms with Crippen molar-refractivity contribution in [1.82, 2.24) is 14.7 Å². The number of fused-ring (bicyclic) bond motifs is 1. The maximum absolute atomic E-state index is 13.0. The molecular formula is C20H24F3N3O5. The Bertz CT molecular complexity index is 830. The average molecular weight is 443 g/mol. The maximum Gasteiger partial charge on any atom is 0.573 e. The fourth-order valence-electron chi connectivity index (χ4n) is 4.62. The predicted octanol–water partition coefficient (Wildman–Crippen LogP) is 2.10. The smallest absolute Gasteiger partial charge is 0.465 e. The van der Waals surface area contributed by atoms with Crippen LogP contribution >= 0.6 is 0 Å². The summed E-state index contributed by atoms with van der Waals surface area (Å²) >= 11 is 0. The molecule has 0 saturated carbocycles. The van der Waals surface area contributed by atoms with Gasteiger partial charge >= 0.3 is 12.5 Å². The molecule has 3 heterocycles. The number of hydrogen-bond acceptors (Lipinski definition) is 5. The number of carboxylic acid groups (broad SMARTS) is 1. The van der Waals surface area contributed by atoms with Crippen LogP contribution in [-0.2, 0) is 11.3 Å². The monoisotopic (exact) mass is 443 g/mol. The van der Waals surface area contributed by atoms with Crippen LogP contribution in [0.2, 0.25) is 0 Å². The van der Waals surface area contributed by atoms with Gasteiger partial charge in [-0.25, -0.2) is 4.79 Å². The van der Waals surface area contributed by atoms with Crippen molar-refractivity contribution >= 4 is 12.0 Å². The van der Waals surface area contributed by atoms with E-state index in [0.717, 1.165) is 0 Å². The molecule has 0 bridgehead atoms. The molecule has 0 radical (unpaired) electrons. The standard InChI is InChI=1S/C20H24F3N3O5/c21-20(22,23)31-17-7-13(1-2-16(17)18(27)25-3-5-30-6-4-25)8-24-9-14-11-26(19(28)29)12-15(14)10-24/h1-2,7,14-15H,3-6,8-12H2,(H,28,29). The highest BCUT2D eigenvalue weighted by Crippen LogP contribution is 2.33. The lowest BCUT2D eigenvalue weighted by Crippen LogP contribution is -2.41. The lowest BCUT2D eigenvalue weighted by molar-refractivity contribution is -0.274. The molecule has 3 aliphatic heterocycles. The summed E-state index contributed by atoms with van der Waals surface area (Å²) in [5.41, 5.74) is 0.478. The molecule has 11 heteroatoms. The van der Waals surface area contributed by atoms with Crippen molar-refractivity contribution < 1.29 is 37.3 Å². The zero-order valence-corrected chi connectivity index (χ0v) is 16.8. The molecule has 1 aromatic rings. The highest BCUT2D eigenvalue weighted by atomic mass is 19.4. The molecular weight excluding hydrogens is 419 g/mol. The molecule has 170 valence electrons. The van der Waals surface area contributed by atoms with Crippen molar-refractivity contribution in [2.45, 2.75) is 12.9 Å². The van der Waals surface area contributed by atoms with Gasteiger partial charge in [-0.1, -0.05) is 6.07 Å². The summed E-state index contributed by atoms with van der Waals surface area (Å²) in [5, 5.41) is 9.13. The van der Waals surface area contributed by atoms with E-state index in [-0.39, 0.29) is 17.4 Å². The van der Waals surface area contributed by atoms with Gasteiger partial charge < -0.3 is 24.4 Å². The van der Waals surface area contributed by atoms with Gasteiger partial charge in [0.15, 0.2) is 0 Å². The summed E-state index contributed by atoms with van der Waals surface area (Å²) in [6.45, 7) is 4.03. The molecule has 1 N–H and O–H groups in total. The SMILES string of the molecule is O=C(O)N1CC2CN(Cc3ccc(C(=O)N4CCOCC4)c(OC(F)(F)F)c3)CC2C1. The van der Waals surface area contributed by atoms with Crippen LogP contribution in [0.3, 0.4) is 0 Å². The molecule has 4 rings (SSSR count). The first-order valence-corrected chi connectivity index (χ1v) is 10.2. The molecule has 2 unspecified atom stereocenters. The van der Waals surface area contributed by atoms with Crippen molar-refractivity contribution in [2.75, 3.05) is 52.5 Å². The van der Waals surface area contributed by atoms with E-state index in [1.807, 2.05) is 0 Å². The zero-order valence-electron chi connectivity index (χ0n) is 16.8. The minimum absolute atomic E-state index is 0.127. The van der Waals surface area contributed by atoms with E-state index in [2.05, 4.69) is 9.64 Å². The first-order chi connectivity index (χ1) is 14.7. The fourth-order valence-corrected chi connectivity index (χ4v) is 4.62. The number of amides is 2. The normalized spacial score (nSPS) is 24.4. The molecule has 1 aromatic carbocycles. The molecule has 0 aliphatic carbocycles. The third-order valence-electron chi connectivity index (χ3n) is 6.04. The number of halogens is 3. The van der Waals surface area contributed by atoms with E-state index >= 15 is 0 Å². The second-order valence-corrected chi connectivity index (χ2v) is 8.18. The van der Waals surface area contributed by atoms with Gasteiger partial charge in [-0.2, -0.15) is 0 Å². The molecule has 8 nitrogen and oxygen atoms in total. The van der Waals surface area contributed by atoms with Crippen LogP contribution in [0.4, 0.5) is 18.0 Å². The molecule has 3 fully saturated rings. The van der Waals surface area contributed by atoms with E-state index in [1.54, 1.807) is 6.07 Å². The van der Waals surface area contributed by atoms with Crippen LogP contribution in [0.15, 0.2) is 18.2 Å². The van der Waals surface area contributed by atoms with E-state index in [9.17, 15) is 22.8 Å². The molecule has 3 aliphatic rings. The average Bonchev–Trinajstić information content (AvgIpc) is 3.26. The Morgan fingerprint density at radius 2 is 1.71 bits per heavy atom. The van der Waals surface area contributed by atoms with Crippen molar-refractivity contribution in [2.24, 2.45) is 11.8 Å². The third kappa shape index (κ3) is 5.04. The van der Waals surface area contributed by atoms with Crippen LogP contribution in [0.5, 0.6) is 5.75 Å². The van der Waals surface area contributed by atoms with Crippen LogP contribution in [0.25, 0.3) is 0 Å². The lowest BCUT2D eigenvalue weighted by atomic mass is 10.0. The summed E-state index contributed by atoms with van der Waals surface area (Å²) in [7, 11) is 0. The van der Waals surface area contributed by atoms with E-state index in [0.29, 0.717) is 64.6 Å². The number of carbonyl (C=O) groups is 2. The maximum atomic E-state index is 13.0. The molecule has 31 heavy (non-hydrogen) atoms. The van der Waals surface area contributed by atoms with Crippen LogP contribution in [-0.4, -0.2) is 90.7 Å². The highest BCUT2D eigenvalue weighted by Gasteiger charge is 2.41. The van der Waals surface area contributed by atoms with Crippen molar-refractivity contribution in [1.29, 1.82) is 0 Å². The zero-order chi connectivity index (χ0) is 22.2. The Labute approximate surface area is 177 Å². The van der Waals surface area contributed by atoms with E-state index < -0.39 is 24.1 Å². The summed E-state index contributed by atoms with van der Waals surface area (Å²) < 4.78 is 48.4. The Morgan fingerprint density at radius 1 is 1.06 bits per heavy atom. The first-order valence-electron chi connectivity index (χ1n) is 10.2. The number of likely N-dealkylation sites (tertiary alicyclic amines) is 2. The summed E-state index contributed by atoms with van der Waals surface area (Å²) in [6, 6.07) is 4.31. The molecule has 2 atom stereocenters. The number of benzene rings is 1. The summed E-state index contributed by atoms with van der Waals surface area (Å²) in [4.78, 5) is 28.8. The van der Waals surface area contributed by atoms with Crippen LogP contribution in [0, 0.1) is 11.8 Å². The van der Waals surface area contributed by atoms with Gasteiger partial charge in [0.25, 0.3) is 5.91 Å². The lowest BCUT2D eigenvalue weighted by Gasteiger charge is -2.28. The number of alkyl halides is 3. The Balaban J connectivity index is 1.47. The number of ether oxygens (including phenoxy) is 2. The second-order valence-electron chi connectivity index (χ2n) is 8.18. The van der Waals surface area contributed by atoms with Crippen molar-refractivity contribution in [3.05, 3.63) is 29.3 Å². The van der Waals surface area contributed by atoms with Gasteiger partial charge in [-0.3, -0.25) is 9.69 Å². The molecule has 0 spiro atoms. The van der Waals surface area contributed by atoms with E-state index in [1.165, 1.54) is 21.9 Å². The minimum Gasteiger partial charge on any atom is -0.465 e. The Hall–Kier alpha value is -2.53. The van der Waals surface area contributed by atoms with Gasteiger partial charge in [-0.05, 0) is 29.5 Å². The Morgan fingerprint density at radius 3 is 2.29 bits per heavy atom. The van der Waals surface area contributed by atoms with Crippen LogP contribution in [0.1, 0.15) is 15.9 Å². The van der Waals surface area contributed by atoms with Gasteiger partial charge in [-0.15, -0.1) is 13.2 Å². The number of nitrogens with zero attached hydrogens (tertiary/aromatic N) is 3. The highest BCUT2D eigenvalue weighted by molar-refractivity contribution is 5.97. The quantitative estimate of drug-likeness (QED) is 0.768. The van der Waals surface area contributed by atoms with Crippen LogP contribution < -0.4 is 4.74 Å². The Kier molecular flexibility index (Phi) is 5.98. The van der Waals surface area contributed by atoms with Crippen molar-refractivity contribution in [3.8, 4) is 5.75 Å². The van der Waals surface area contributed by atoms with E-state index in [4.69, 9.17) is 9.84 Å². The molecule has 0 aromatic heterocycles. The van der Waals surface area contributed by atoms with Gasteiger partial charge in [0, 0.05) is 45.8 Å². The second kappa shape index (κ2) is 8.54. The predicted molar refractivity (Wildman–Crippen MR) is 102 cm³/mol.